The number of hydrogen-bond acceptors (Lipinski definition) is 5. The molecule has 10 rings (SSSR count). The summed E-state index contributed by atoms with van der Waals surface area (Å²) in [5.74, 6) is 3.77. The molecule has 5 heteroatoms. The van der Waals surface area contributed by atoms with E-state index in [4.69, 9.17) is 18.8 Å². The van der Waals surface area contributed by atoms with Crippen molar-refractivity contribution in [1.82, 2.24) is 9.97 Å². The van der Waals surface area contributed by atoms with Gasteiger partial charge in [-0.3, -0.25) is 9.97 Å². The number of benzene rings is 6. The van der Waals surface area contributed by atoms with E-state index in [1.165, 1.54) is 10.9 Å². The van der Waals surface area contributed by atoms with Crippen molar-refractivity contribution in [3.8, 4) is 67.4 Å². The molecule has 0 amide bonds. The maximum absolute atomic E-state index is 6.40. The Labute approximate surface area is 381 Å². The van der Waals surface area contributed by atoms with Gasteiger partial charge in [-0.15, -0.1) is 0 Å². The van der Waals surface area contributed by atoms with Crippen molar-refractivity contribution in [1.29, 1.82) is 0 Å². The van der Waals surface area contributed by atoms with E-state index in [2.05, 4.69) is 190 Å². The van der Waals surface area contributed by atoms with Crippen LogP contribution in [0.25, 0.3) is 78.2 Å². The van der Waals surface area contributed by atoms with Gasteiger partial charge in [0, 0.05) is 51.4 Å². The number of nitrogens with zero attached hydrogens (tertiary/aromatic N) is 3. The minimum Gasteiger partial charge on any atom is -0.461 e. The first-order valence-electron chi connectivity index (χ1n) is 22.4. The predicted molar refractivity (Wildman–Crippen MR) is 269 cm³/mol. The Kier molecular flexibility index (Phi) is 11.1. The van der Waals surface area contributed by atoms with E-state index in [0.29, 0.717) is 5.92 Å². The monoisotopic (exact) mass is 845 g/mol. The second-order valence-corrected chi connectivity index (χ2v) is 17.6. The summed E-state index contributed by atoms with van der Waals surface area (Å²) < 4.78 is 12.8. The molecule has 0 unspecified atom stereocenters. The van der Waals surface area contributed by atoms with E-state index in [1.54, 1.807) is 0 Å². The van der Waals surface area contributed by atoms with Crippen LogP contribution >= 0.6 is 0 Å². The number of aromatic nitrogens is 2. The SMILES string of the molecule is Cc1ccc(-c2cc(-c3cc(-c4ccccc4)c(C)cn3)cc(N(c3cc(-c4cc(-c5ccccc5)c(C)cn4)cc(-c4ccc(C)o4)c3)c3ccc(CC(C)C)c4ccccc34)c2)o1. The minimum absolute atomic E-state index is 0.498. The summed E-state index contributed by atoms with van der Waals surface area (Å²) in [4.78, 5) is 12.6. The Hall–Kier alpha value is -7.76. The molecule has 10 aromatic rings. The van der Waals surface area contributed by atoms with Crippen LogP contribution < -0.4 is 4.90 Å². The van der Waals surface area contributed by atoms with Crippen LogP contribution in [0.15, 0.2) is 191 Å². The van der Waals surface area contributed by atoms with Gasteiger partial charge in [-0.25, -0.2) is 0 Å². The fourth-order valence-corrected chi connectivity index (χ4v) is 9.05. The quantitative estimate of drug-likeness (QED) is 0.130. The van der Waals surface area contributed by atoms with Crippen molar-refractivity contribution >= 4 is 27.8 Å². The molecule has 318 valence electrons. The first-order valence-corrected chi connectivity index (χ1v) is 22.4. The molecule has 0 atom stereocenters. The Balaban J connectivity index is 1.26. The Bertz CT molecular complexity index is 3150. The van der Waals surface area contributed by atoms with Crippen LogP contribution in [0.2, 0.25) is 0 Å². The zero-order valence-electron chi connectivity index (χ0n) is 37.8. The summed E-state index contributed by atoms with van der Waals surface area (Å²) in [5.41, 5.74) is 16.7. The van der Waals surface area contributed by atoms with Crippen molar-refractivity contribution < 1.29 is 8.83 Å². The molecule has 0 N–H and O–H groups in total. The van der Waals surface area contributed by atoms with Gasteiger partial charge in [0.15, 0.2) is 0 Å². The van der Waals surface area contributed by atoms with E-state index < -0.39 is 0 Å². The summed E-state index contributed by atoms with van der Waals surface area (Å²) in [6, 6.07) is 60.5. The van der Waals surface area contributed by atoms with Crippen LogP contribution in [0.5, 0.6) is 0 Å². The van der Waals surface area contributed by atoms with Gasteiger partial charge in [0.2, 0.25) is 0 Å². The third-order valence-corrected chi connectivity index (χ3v) is 12.2. The summed E-state index contributed by atoms with van der Waals surface area (Å²) in [5, 5.41) is 2.40. The maximum Gasteiger partial charge on any atom is 0.134 e. The van der Waals surface area contributed by atoms with Gasteiger partial charge in [-0.05, 0) is 163 Å². The molecule has 5 nitrogen and oxygen atoms in total. The van der Waals surface area contributed by atoms with Crippen molar-refractivity contribution in [3.63, 3.8) is 0 Å². The van der Waals surface area contributed by atoms with Crippen LogP contribution in [-0.2, 0) is 6.42 Å². The highest BCUT2D eigenvalue weighted by Gasteiger charge is 2.23. The zero-order valence-corrected chi connectivity index (χ0v) is 37.8. The molecule has 0 aliphatic carbocycles. The lowest BCUT2D eigenvalue weighted by Gasteiger charge is -2.29. The van der Waals surface area contributed by atoms with Crippen LogP contribution in [0, 0.1) is 33.6 Å². The Morgan fingerprint density at radius 3 is 1.37 bits per heavy atom. The number of hydrogen-bond donors (Lipinski definition) is 0. The molecular weight excluding hydrogens is 795 g/mol. The highest BCUT2D eigenvalue weighted by Crippen LogP contribution is 2.46. The topological polar surface area (TPSA) is 55.3 Å². The number of furan rings is 2. The first kappa shape index (κ1) is 41.3. The molecule has 0 bridgehead atoms. The summed E-state index contributed by atoms with van der Waals surface area (Å²) in [6.45, 7) is 12.8. The van der Waals surface area contributed by atoms with E-state index in [9.17, 15) is 0 Å². The zero-order chi connectivity index (χ0) is 44.6. The molecule has 0 aliphatic rings. The van der Waals surface area contributed by atoms with Gasteiger partial charge in [-0.2, -0.15) is 0 Å². The Morgan fingerprint density at radius 2 is 0.908 bits per heavy atom. The van der Waals surface area contributed by atoms with Gasteiger partial charge in [0.1, 0.15) is 23.0 Å². The standard InChI is InChI=1S/C60H51N3O2/c1-38(2)27-45-23-24-58(53-20-14-13-19-52(45)53)63(50-30-46(28-48(32-50)59-25-21-41(5)64-59)56-34-54(39(3)36-61-56)43-15-9-7-10-16-43)51-31-47(29-49(33-51)60-26-22-42(6)65-60)57-35-55(40(4)37-62-57)44-17-11-8-12-18-44/h7-26,28-38H,27H2,1-6H3. The highest BCUT2D eigenvalue weighted by atomic mass is 16.3. The molecule has 0 aliphatic heterocycles. The molecule has 65 heavy (non-hydrogen) atoms. The van der Waals surface area contributed by atoms with E-state index in [0.717, 1.165) is 119 Å². The van der Waals surface area contributed by atoms with Crippen LogP contribution in [0.3, 0.4) is 0 Å². The summed E-state index contributed by atoms with van der Waals surface area (Å²) in [7, 11) is 0. The molecule has 6 aromatic carbocycles. The first-order chi connectivity index (χ1) is 31.6. The number of fused-ring (bicyclic) bond motifs is 1. The van der Waals surface area contributed by atoms with Crippen molar-refractivity contribution in [2.24, 2.45) is 5.92 Å². The third kappa shape index (κ3) is 8.41. The van der Waals surface area contributed by atoms with E-state index >= 15 is 0 Å². The predicted octanol–water partition coefficient (Wildman–Crippen LogP) is 16.7. The van der Waals surface area contributed by atoms with E-state index in [1.807, 2.05) is 38.4 Å². The van der Waals surface area contributed by atoms with Gasteiger partial charge in [0.25, 0.3) is 0 Å². The molecule has 4 aromatic heterocycles. The Morgan fingerprint density at radius 1 is 0.446 bits per heavy atom. The van der Waals surface area contributed by atoms with Crippen molar-refractivity contribution in [2.75, 3.05) is 4.90 Å². The normalized spacial score (nSPS) is 11.4. The van der Waals surface area contributed by atoms with Crippen LogP contribution in [0.4, 0.5) is 17.1 Å². The average molecular weight is 846 g/mol. The van der Waals surface area contributed by atoms with Crippen molar-refractivity contribution in [2.45, 2.75) is 48.0 Å². The van der Waals surface area contributed by atoms with Crippen molar-refractivity contribution in [3.05, 3.63) is 210 Å². The molecule has 4 heterocycles. The van der Waals surface area contributed by atoms with Gasteiger partial charge in [-0.1, -0.05) is 105 Å². The van der Waals surface area contributed by atoms with Gasteiger partial charge >= 0.3 is 0 Å². The average Bonchev–Trinajstić information content (AvgIpc) is 3.98. The molecule has 0 fully saturated rings. The highest BCUT2D eigenvalue weighted by molar-refractivity contribution is 6.02. The number of aryl methyl sites for hydroxylation is 4. The lowest BCUT2D eigenvalue weighted by molar-refractivity contribution is 0.548. The maximum atomic E-state index is 6.40. The molecule has 0 saturated heterocycles. The fourth-order valence-electron chi connectivity index (χ4n) is 9.05. The van der Waals surface area contributed by atoms with Gasteiger partial charge < -0.3 is 13.7 Å². The molecule has 0 radical (unpaired) electrons. The molecule has 0 saturated carbocycles. The van der Waals surface area contributed by atoms with Crippen LogP contribution in [-0.4, -0.2) is 9.97 Å². The third-order valence-electron chi connectivity index (χ3n) is 12.2. The second kappa shape index (κ2) is 17.4. The summed E-state index contributed by atoms with van der Waals surface area (Å²) in [6.07, 6.45) is 4.94. The second-order valence-electron chi connectivity index (χ2n) is 17.6. The largest absolute Gasteiger partial charge is 0.461 e. The lowest BCUT2D eigenvalue weighted by atomic mass is 9.94. The molecule has 0 spiro atoms. The number of rotatable bonds is 11. The fraction of sp³-hybridized carbons (Fsp3) is 0.133. The smallest absolute Gasteiger partial charge is 0.134 e. The van der Waals surface area contributed by atoms with Gasteiger partial charge in [0.05, 0.1) is 17.1 Å². The number of pyridine rings is 2. The number of anilines is 3. The molecular formula is C60H51N3O2. The lowest BCUT2D eigenvalue weighted by Crippen LogP contribution is -2.12. The van der Waals surface area contributed by atoms with E-state index in [-0.39, 0.29) is 0 Å². The minimum atomic E-state index is 0.498. The van der Waals surface area contributed by atoms with Crippen LogP contribution in [0.1, 0.15) is 42.1 Å². The summed E-state index contributed by atoms with van der Waals surface area (Å²) >= 11 is 0.